The van der Waals surface area contributed by atoms with Crippen LogP contribution >= 0.6 is 23.4 Å². The van der Waals surface area contributed by atoms with Gasteiger partial charge in [-0.05, 0) is 36.8 Å². The van der Waals surface area contributed by atoms with Crippen LogP contribution in [0.15, 0.2) is 84.0 Å². The molecule has 0 aliphatic carbocycles. The molecule has 0 unspecified atom stereocenters. The molecule has 172 valence electrons. The number of hydrogen-bond acceptors (Lipinski definition) is 6. The summed E-state index contributed by atoms with van der Waals surface area (Å²) in [6, 6.07) is 24.5. The van der Waals surface area contributed by atoms with Crippen molar-refractivity contribution in [1.29, 1.82) is 0 Å². The molecule has 4 aromatic rings. The van der Waals surface area contributed by atoms with Crippen LogP contribution in [-0.4, -0.2) is 26.0 Å². The molecule has 1 aromatic heterocycles. The summed E-state index contributed by atoms with van der Waals surface area (Å²) in [6.45, 7) is 2.27. The number of rotatable bonds is 6. The van der Waals surface area contributed by atoms with Crippen LogP contribution in [0.25, 0.3) is 0 Å². The van der Waals surface area contributed by atoms with E-state index in [1.165, 1.54) is 11.8 Å². The van der Waals surface area contributed by atoms with Gasteiger partial charge >= 0.3 is 0 Å². The van der Waals surface area contributed by atoms with Crippen molar-refractivity contribution in [3.05, 3.63) is 101 Å². The molecule has 0 bridgehead atoms. The maximum absolute atomic E-state index is 13.4. The van der Waals surface area contributed by atoms with Gasteiger partial charge in [-0.3, -0.25) is 4.79 Å². The second-order valence-electron chi connectivity index (χ2n) is 7.86. The standard InChI is InChI=1S/C25H22ClN5O2S/c1-16-11-13-17(14-12-16)22-23(24(32)27-20-10-6-5-9-19(20)26)34-25-29-28-21(31(25)30-22)15-33-18-7-3-2-4-8-18/h2-14,22-23,30H,15H2,1H3,(H,27,32)/t22-,23-/m0/s1. The Morgan fingerprint density at radius 3 is 2.56 bits per heavy atom. The zero-order valence-electron chi connectivity index (χ0n) is 18.3. The SMILES string of the molecule is Cc1ccc([C@@H]2Nn3c(COc4ccccc4)nnc3S[C@@H]2C(=O)Nc2ccccc2Cl)cc1. The lowest BCUT2D eigenvalue weighted by Crippen LogP contribution is -2.41. The Hall–Kier alpha value is -3.49. The second-order valence-corrected chi connectivity index (χ2v) is 9.38. The van der Waals surface area contributed by atoms with Gasteiger partial charge in [-0.25, -0.2) is 4.68 Å². The first-order valence-electron chi connectivity index (χ1n) is 10.8. The Morgan fingerprint density at radius 2 is 1.79 bits per heavy atom. The molecule has 0 spiro atoms. The molecular weight excluding hydrogens is 470 g/mol. The normalized spacial score (nSPS) is 16.9. The van der Waals surface area contributed by atoms with Crippen LogP contribution in [0.2, 0.25) is 5.02 Å². The lowest BCUT2D eigenvalue weighted by molar-refractivity contribution is -0.116. The molecule has 1 aliphatic heterocycles. The molecule has 2 heterocycles. The van der Waals surface area contributed by atoms with Crippen LogP contribution < -0.4 is 15.5 Å². The third kappa shape index (κ3) is 4.73. The molecule has 2 N–H and O–H groups in total. The van der Waals surface area contributed by atoms with E-state index in [1.54, 1.807) is 16.8 Å². The number of fused-ring (bicyclic) bond motifs is 1. The Balaban J connectivity index is 1.43. The minimum atomic E-state index is -0.501. The first-order valence-corrected chi connectivity index (χ1v) is 12.0. The maximum atomic E-state index is 13.4. The number of carbonyl (C=O) groups is 1. The first kappa shape index (κ1) is 22.3. The van der Waals surface area contributed by atoms with E-state index in [1.807, 2.05) is 73.7 Å². The van der Waals surface area contributed by atoms with Gasteiger partial charge in [0.25, 0.3) is 0 Å². The quantitative estimate of drug-likeness (QED) is 0.385. The number of amides is 1. The summed E-state index contributed by atoms with van der Waals surface area (Å²) in [7, 11) is 0. The van der Waals surface area contributed by atoms with Crippen molar-refractivity contribution in [2.75, 3.05) is 10.7 Å². The van der Waals surface area contributed by atoms with Crippen LogP contribution in [0.5, 0.6) is 5.75 Å². The van der Waals surface area contributed by atoms with E-state index in [-0.39, 0.29) is 18.6 Å². The fourth-order valence-electron chi connectivity index (χ4n) is 3.65. The fraction of sp³-hybridized carbons (Fsp3) is 0.160. The number of aromatic nitrogens is 3. The fourth-order valence-corrected chi connectivity index (χ4v) is 4.93. The summed E-state index contributed by atoms with van der Waals surface area (Å²) in [4.78, 5) is 13.4. The van der Waals surface area contributed by atoms with Gasteiger partial charge in [-0.1, -0.05) is 83.5 Å². The lowest BCUT2D eigenvalue weighted by Gasteiger charge is -2.33. The van der Waals surface area contributed by atoms with Crippen LogP contribution in [0.1, 0.15) is 23.0 Å². The number of benzene rings is 3. The monoisotopic (exact) mass is 491 g/mol. The summed E-state index contributed by atoms with van der Waals surface area (Å²) in [6.07, 6.45) is 0. The number of halogens is 1. The van der Waals surface area contributed by atoms with Crippen molar-refractivity contribution in [3.63, 3.8) is 0 Å². The van der Waals surface area contributed by atoms with Gasteiger partial charge in [0, 0.05) is 0 Å². The van der Waals surface area contributed by atoms with Gasteiger partial charge in [0.2, 0.25) is 11.1 Å². The Labute approximate surface area is 206 Å². The van der Waals surface area contributed by atoms with Crippen molar-refractivity contribution < 1.29 is 9.53 Å². The highest BCUT2D eigenvalue weighted by Gasteiger charge is 2.38. The molecule has 34 heavy (non-hydrogen) atoms. The summed E-state index contributed by atoms with van der Waals surface area (Å²) >= 11 is 7.63. The van der Waals surface area contributed by atoms with Crippen LogP contribution in [-0.2, 0) is 11.4 Å². The van der Waals surface area contributed by atoms with E-state index >= 15 is 0 Å². The average Bonchev–Trinajstić information content (AvgIpc) is 3.26. The second kappa shape index (κ2) is 9.79. The van der Waals surface area contributed by atoms with Gasteiger partial charge in [0.15, 0.2) is 5.82 Å². The van der Waals surface area contributed by atoms with Crippen LogP contribution in [0.3, 0.4) is 0 Å². The van der Waals surface area contributed by atoms with E-state index in [4.69, 9.17) is 16.3 Å². The Bertz CT molecular complexity index is 1300. The van der Waals surface area contributed by atoms with Gasteiger partial charge in [-0.2, -0.15) is 0 Å². The predicted octanol–water partition coefficient (Wildman–Crippen LogP) is 5.22. The highest BCUT2D eigenvalue weighted by Crippen LogP contribution is 2.38. The largest absolute Gasteiger partial charge is 0.486 e. The van der Waals surface area contributed by atoms with E-state index in [0.717, 1.165) is 16.9 Å². The molecule has 3 aromatic carbocycles. The average molecular weight is 492 g/mol. The number of thioether (sulfide) groups is 1. The summed E-state index contributed by atoms with van der Waals surface area (Å²) in [5, 5.41) is 12.1. The van der Waals surface area contributed by atoms with Crippen molar-refractivity contribution in [1.82, 2.24) is 14.9 Å². The summed E-state index contributed by atoms with van der Waals surface area (Å²) in [5.74, 6) is 1.19. The number of nitrogens with zero attached hydrogens (tertiary/aromatic N) is 3. The smallest absolute Gasteiger partial charge is 0.240 e. The lowest BCUT2D eigenvalue weighted by atomic mass is 10.0. The third-order valence-corrected chi connectivity index (χ3v) is 6.99. The predicted molar refractivity (Wildman–Crippen MR) is 134 cm³/mol. The first-order chi connectivity index (χ1) is 16.6. The molecule has 0 fully saturated rings. The number of hydrogen-bond donors (Lipinski definition) is 2. The van der Waals surface area contributed by atoms with Crippen LogP contribution in [0.4, 0.5) is 5.69 Å². The van der Waals surface area contributed by atoms with Gasteiger partial charge in [0.1, 0.15) is 17.6 Å². The molecule has 0 saturated carbocycles. The topological polar surface area (TPSA) is 81.1 Å². The molecule has 9 heteroatoms. The molecule has 1 amide bonds. The summed E-state index contributed by atoms with van der Waals surface area (Å²) < 4.78 is 7.68. The molecule has 7 nitrogen and oxygen atoms in total. The molecule has 0 saturated heterocycles. The van der Waals surface area contributed by atoms with Gasteiger partial charge in [0.05, 0.1) is 16.8 Å². The maximum Gasteiger partial charge on any atom is 0.240 e. The number of aryl methyl sites for hydroxylation is 1. The van der Waals surface area contributed by atoms with E-state index in [0.29, 0.717) is 21.7 Å². The van der Waals surface area contributed by atoms with Crippen molar-refractivity contribution in [3.8, 4) is 5.75 Å². The third-order valence-electron chi connectivity index (χ3n) is 5.44. The molecule has 1 aliphatic rings. The minimum Gasteiger partial charge on any atom is -0.486 e. The van der Waals surface area contributed by atoms with E-state index in [9.17, 15) is 4.79 Å². The number of nitrogens with one attached hydrogen (secondary N) is 2. The highest BCUT2D eigenvalue weighted by atomic mass is 35.5. The Morgan fingerprint density at radius 1 is 1.06 bits per heavy atom. The van der Waals surface area contributed by atoms with Crippen molar-refractivity contribution >= 4 is 35.0 Å². The molecule has 5 rings (SSSR count). The molecule has 2 atom stereocenters. The van der Waals surface area contributed by atoms with Crippen LogP contribution in [0, 0.1) is 6.92 Å². The number of para-hydroxylation sites is 2. The van der Waals surface area contributed by atoms with E-state index < -0.39 is 5.25 Å². The molecular formula is C25H22ClN5O2S. The Kier molecular flexibility index (Phi) is 6.42. The van der Waals surface area contributed by atoms with Gasteiger partial charge in [-0.15, -0.1) is 10.2 Å². The highest BCUT2D eigenvalue weighted by molar-refractivity contribution is 8.00. The van der Waals surface area contributed by atoms with Crippen molar-refractivity contribution in [2.45, 2.75) is 30.0 Å². The number of anilines is 1. The van der Waals surface area contributed by atoms with E-state index in [2.05, 4.69) is 20.9 Å². The molecule has 0 radical (unpaired) electrons. The number of carbonyl (C=O) groups excluding carboxylic acids is 1. The summed E-state index contributed by atoms with van der Waals surface area (Å²) in [5.41, 5.74) is 6.14. The minimum absolute atomic E-state index is 0.174. The number of ether oxygens (including phenoxy) is 1. The zero-order chi connectivity index (χ0) is 23.5. The van der Waals surface area contributed by atoms with Gasteiger partial charge < -0.3 is 15.5 Å². The van der Waals surface area contributed by atoms with Crippen molar-refractivity contribution in [2.24, 2.45) is 0 Å². The zero-order valence-corrected chi connectivity index (χ0v) is 19.9.